The van der Waals surface area contributed by atoms with Crippen molar-refractivity contribution in [2.45, 2.75) is 51.4 Å². The molecule has 1 aliphatic carbocycles. The van der Waals surface area contributed by atoms with Crippen molar-refractivity contribution in [2.75, 3.05) is 6.61 Å². The van der Waals surface area contributed by atoms with Gasteiger partial charge in [0.2, 0.25) is 0 Å². The van der Waals surface area contributed by atoms with E-state index >= 15 is 0 Å². The summed E-state index contributed by atoms with van der Waals surface area (Å²) in [5.74, 6) is 0.593. The predicted molar refractivity (Wildman–Crippen MR) is 102 cm³/mol. The van der Waals surface area contributed by atoms with E-state index in [1.165, 1.54) is 0 Å². The molecule has 27 heavy (non-hydrogen) atoms. The molecule has 1 N–H and O–H groups in total. The Bertz CT molecular complexity index is 689. The predicted octanol–water partition coefficient (Wildman–Crippen LogP) is 4.81. The van der Waals surface area contributed by atoms with Crippen LogP contribution < -0.4 is 5.32 Å². The molecule has 2 unspecified atom stereocenters. The lowest BCUT2D eigenvalue weighted by molar-refractivity contribution is -0.187. The van der Waals surface area contributed by atoms with Gasteiger partial charge in [-0.05, 0) is 25.3 Å². The second kappa shape index (κ2) is 8.97. The highest BCUT2D eigenvalue weighted by molar-refractivity contribution is 5.35. The minimum Gasteiger partial charge on any atom is -0.494 e. The lowest BCUT2D eigenvalue weighted by Gasteiger charge is -2.42. The first-order chi connectivity index (χ1) is 12.8. The zero-order valence-corrected chi connectivity index (χ0v) is 15.7. The SMILES string of the molecule is C=NN1/C(=C(\CC)C(=C)OCC)NC(C2=CC=CC=CC2)CC1C(F)(F)F. The molecule has 0 bridgehead atoms. The van der Waals surface area contributed by atoms with Crippen LogP contribution in [-0.4, -0.2) is 36.6 Å². The molecule has 1 saturated heterocycles. The van der Waals surface area contributed by atoms with Crippen molar-refractivity contribution in [1.82, 2.24) is 10.3 Å². The lowest BCUT2D eigenvalue weighted by Crippen LogP contribution is -2.55. The van der Waals surface area contributed by atoms with Gasteiger partial charge < -0.3 is 10.1 Å². The van der Waals surface area contributed by atoms with E-state index in [4.69, 9.17) is 4.74 Å². The Morgan fingerprint density at radius 3 is 2.67 bits per heavy atom. The summed E-state index contributed by atoms with van der Waals surface area (Å²) >= 11 is 0. The zero-order valence-electron chi connectivity index (χ0n) is 15.7. The molecule has 1 fully saturated rings. The molecule has 0 amide bonds. The van der Waals surface area contributed by atoms with E-state index in [0.29, 0.717) is 30.8 Å². The lowest BCUT2D eigenvalue weighted by atomic mass is 9.93. The van der Waals surface area contributed by atoms with Gasteiger partial charge in [0, 0.05) is 18.7 Å². The Hall–Kier alpha value is -2.44. The number of alkyl halides is 3. The van der Waals surface area contributed by atoms with Crippen LogP contribution in [0.15, 0.2) is 64.8 Å². The number of hydrazone groups is 1. The molecule has 2 atom stereocenters. The summed E-state index contributed by atoms with van der Waals surface area (Å²) in [6, 6.07) is -2.25. The standard InChI is InChI=1S/C20H26F3N3O/c1-5-16(14(3)27-6-2)19-25-17(15-11-9-7-8-10-12-15)13-18(20(21,22)23)26(19)24-4/h7-11,17-18,25H,3-6,12-13H2,1-2H3/b19-16+. The van der Waals surface area contributed by atoms with E-state index in [1.807, 2.05) is 37.3 Å². The van der Waals surface area contributed by atoms with Crippen LogP contribution in [0.4, 0.5) is 13.2 Å². The average molecular weight is 381 g/mol. The van der Waals surface area contributed by atoms with Gasteiger partial charge in [0.1, 0.15) is 11.6 Å². The number of halogens is 3. The largest absolute Gasteiger partial charge is 0.494 e. The van der Waals surface area contributed by atoms with Gasteiger partial charge in [-0.2, -0.15) is 18.3 Å². The van der Waals surface area contributed by atoms with Gasteiger partial charge in [-0.3, -0.25) is 0 Å². The highest BCUT2D eigenvalue weighted by atomic mass is 19.4. The van der Waals surface area contributed by atoms with E-state index < -0.39 is 18.3 Å². The van der Waals surface area contributed by atoms with Crippen molar-refractivity contribution >= 4 is 6.72 Å². The van der Waals surface area contributed by atoms with Crippen LogP contribution in [0.25, 0.3) is 0 Å². The quantitative estimate of drug-likeness (QED) is 0.530. The molecule has 0 saturated carbocycles. The van der Waals surface area contributed by atoms with Gasteiger partial charge in [-0.25, -0.2) is 5.01 Å². The highest BCUT2D eigenvalue weighted by Crippen LogP contribution is 2.37. The fourth-order valence-corrected chi connectivity index (χ4v) is 3.29. The zero-order chi connectivity index (χ0) is 20.0. The van der Waals surface area contributed by atoms with Crippen LogP contribution >= 0.6 is 0 Å². The third-order valence-corrected chi connectivity index (χ3v) is 4.59. The van der Waals surface area contributed by atoms with Gasteiger partial charge >= 0.3 is 6.18 Å². The van der Waals surface area contributed by atoms with Gasteiger partial charge in [-0.1, -0.05) is 43.9 Å². The van der Waals surface area contributed by atoms with Crippen molar-refractivity contribution in [3.05, 3.63) is 59.7 Å². The molecule has 0 spiro atoms. The fraction of sp³-hybridized carbons (Fsp3) is 0.450. The Balaban J connectivity index is 2.52. The van der Waals surface area contributed by atoms with Crippen molar-refractivity contribution < 1.29 is 17.9 Å². The third-order valence-electron chi connectivity index (χ3n) is 4.59. The van der Waals surface area contributed by atoms with Crippen LogP contribution in [0.2, 0.25) is 0 Å². The maximum Gasteiger partial charge on any atom is 0.410 e. The Morgan fingerprint density at radius 1 is 1.33 bits per heavy atom. The fourth-order valence-electron chi connectivity index (χ4n) is 3.29. The van der Waals surface area contributed by atoms with E-state index in [9.17, 15) is 13.2 Å². The molecular formula is C20H26F3N3O. The summed E-state index contributed by atoms with van der Waals surface area (Å²) in [6.07, 6.45) is 5.80. The number of hydrogen-bond donors (Lipinski definition) is 1. The van der Waals surface area contributed by atoms with Crippen molar-refractivity contribution in [2.24, 2.45) is 5.10 Å². The normalized spacial score (nSPS) is 24.6. The van der Waals surface area contributed by atoms with Crippen LogP contribution in [0.3, 0.4) is 0 Å². The first-order valence-electron chi connectivity index (χ1n) is 9.00. The van der Waals surface area contributed by atoms with E-state index in [0.717, 1.165) is 10.6 Å². The summed E-state index contributed by atoms with van der Waals surface area (Å²) in [5, 5.41) is 7.84. The number of nitrogens with one attached hydrogen (secondary N) is 1. The van der Waals surface area contributed by atoms with Crippen LogP contribution in [0, 0.1) is 0 Å². The van der Waals surface area contributed by atoms with E-state index in [-0.39, 0.29) is 12.2 Å². The monoisotopic (exact) mass is 381 g/mol. The molecule has 4 nitrogen and oxygen atoms in total. The molecular weight excluding hydrogens is 355 g/mol. The van der Waals surface area contributed by atoms with Gasteiger partial charge in [-0.15, -0.1) is 0 Å². The van der Waals surface area contributed by atoms with Gasteiger partial charge in [0.15, 0.2) is 6.04 Å². The minimum absolute atomic E-state index is 0.155. The first-order valence-corrected chi connectivity index (χ1v) is 9.00. The Kier molecular flexibility index (Phi) is 6.93. The molecule has 0 aromatic heterocycles. The number of hydrogen-bond acceptors (Lipinski definition) is 4. The number of nitrogens with zero attached hydrogens (tertiary/aromatic N) is 2. The number of allylic oxidation sites excluding steroid dienone is 6. The van der Waals surface area contributed by atoms with Crippen LogP contribution in [-0.2, 0) is 4.74 Å². The van der Waals surface area contributed by atoms with E-state index in [1.54, 1.807) is 6.92 Å². The second-order valence-electron chi connectivity index (χ2n) is 6.27. The topological polar surface area (TPSA) is 36.9 Å². The summed E-state index contributed by atoms with van der Waals surface area (Å²) < 4.78 is 46.9. The summed E-state index contributed by atoms with van der Waals surface area (Å²) in [4.78, 5) is 0. The molecule has 1 heterocycles. The molecule has 0 aromatic rings. The summed E-state index contributed by atoms with van der Waals surface area (Å²) in [5.41, 5.74) is 1.44. The van der Waals surface area contributed by atoms with Crippen LogP contribution in [0.1, 0.15) is 33.1 Å². The summed E-state index contributed by atoms with van der Waals surface area (Å²) in [6.45, 7) is 11.3. The first kappa shape index (κ1) is 20.9. The maximum atomic E-state index is 13.8. The van der Waals surface area contributed by atoms with Crippen molar-refractivity contribution in [1.29, 1.82) is 0 Å². The smallest absolute Gasteiger partial charge is 0.410 e. The average Bonchev–Trinajstić information content (AvgIpc) is 2.90. The highest BCUT2D eigenvalue weighted by Gasteiger charge is 2.49. The van der Waals surface area contributed by atoms with Crippen molar-refractivity contribution in [3.8, 4) is 0 Å². The molecule has 1 aliphatic heterocycles. The van der Waals surface area contributed by atoms with Gasteiger partial charge in [0.05, 0.1) is 12.6 Å². The third kappa shape index (κ3) is 4.84. The molecule has 2 aliphatic rings. The van der Waals surface area contributed by atoms with E-state index in [2.05, 4.69) is 23.7 Å². The Labute approximate surface area is 158 Å². The molecule has 0 radical (unpaired) electrons. The van der Waals surface area contributed by atoms with Crippen LogP contribution in [0.5, 0.6) is 0 Å². The maximum absolute atomic E-state index is 13.8. The summed E-state index contributed by atoms with van der Waals surface area (Å²) in [7, 11) is 0. The van der Waals surface area contributed by atoms with Crippen molar-refractivity contribution in [3.63, 3.8) is 0 Å². The number of ether oxygens (including phenoxy) is 1. The molecule has 2 rings (SSSR count). The van der Waals surface area contributed by atoms with Gasteiger partial charge in [0.25, 0.3) is 0 Å². The second-order valence-corrected chi connectivity index (χ2v) is 6.27. The molecule has 148 valence electrons. The Morgan fingerprint density at radius 2 is 2.07 bits per heavy atom. The molecule has 7 heteroatoms. The number of rotatable bonds is 6. The minimum atomic E-state index is -4.45. The molecule has 0 aromatic carbocycles.